The molecule has 0 aromatic carbocycles. The molecule has 2 rings (SSSR count). The average Bonchev–Trinajstić information content (AvgIpc) is 2.75. The van der Waals surface area contributed by atoms with Crippen molar-refractivity contribution in [3.63, 3.8) is 0 Å². The predicted octanol–water partition coefficient (Wildman–Crippen LogP) is 2.08. The van der Waals surface area contributed by atoms with Crippen molar-refractivity contribution in [2.45, 2.75) is 44.8 Å². The van der Waals surface area contributed by atoms with Gasteiger partial charge in [0.05, 0.1) is 11.8 Å². The van der Waals surface area contributed by atoms with Gasteiger partial charge in [-0.15, -0.1) is 0 Å². The largest absolute Gasteiger partial charge is 0.391 e. The van der Waals surface area contributed by atoms with Crippen molar-refractivity contribution >= 4 is 5.91 Å². The van der Waals surface area contributed by atoms with Crippen LogP contribution >= 0.6 is 0 Å². The Kier molecular flexibility index (Phi) is 4.38. The van der Waals surface area contributed by atoms with E-state index in [4.69, 9.17) is 0 Å². The van der Waals surface area contributed by atoms with Crippen molar-refractivity contribution in [1.82, 2.24) is 10.6 Å². The number of carbonyl (C=O) groups excluding carboxylic acids is 1. The van der Waals surface area contributed by atoms with Gasteiger partial charge < -0.3 is 10.6 Å². The van der Waals surface area contributed by atoms with Crippen LogP contribution in [-0.4, -0.2) is 31.2 Å². The van der Waals surface area contributed by atoms with Crippen LogP contribution in [0, 0.1) is 17.8 Å². The number of carbonyl (C=O) groups is 1. The highest BCUT2D eigenvalue weighted by Gasteiger charge is 2.42. The van der Waals surface area contributed by atoms with E-state index in [1.54, 1.807) is 0 Å². The molecule has 1 amide bonds. The van der Waals surface area contributed by atoms with E-state index in [9.17, 15) is 18.0 Å². The molecular weight excluding hydrogens is 257 g/mol. The van der Waals surface area contributed by atoms with E-state index in [0.29, 0.717) is 19.4 Å². The summed E-state index contributed by atoms with van der Waals surface area (Å²) < 4.78 is 38.1. The molecule has 19 heavy (non-hydrogen) atoms. The first-order valence-electron chi connectivity index (χ1n) is 6.95. The summed E-state index contributed by atoms with van der Waals surface area (Å²) in [5, 5.41) is 5.95. The minimum atomic E-state index is -4.13. The minimum absolute atomic E-state index is 0.0315. The third kappa shape index (κ3) is 3.61. The van der Waals surface area contributed by atoms with E-state index in [1.165, 1.54) is 0 Å². The Morgan fingerprint density at radius 3 is 2.58 bits per heavy atom. The predicted molar refractivity (Wildman–Crippen MR) is 65.5 cm³/mol. The molecule has 6 heteroatoms. The summed E-state index contributed by atoms with van der Waals surface area (Å²) in [6, 6.07) is -0.319. The number of hydrogen-bond acceptors (Lipinski definition) is 2. The van der Waals surface area contributed by atoms with Gasteiger partial charge in [-0.2, -0.15) is 13.2 Å². The molecule has 2 aliphatic rings. The van der Waals surface area contributed by atoms with Crippen LogP contribution in [0.2, 0.25) is 0 Å². The normalized spacial score (nSPS) is 36.2. The smallest absolute Gasteiger partial charge is 0.353 e. The molecule has 0 radical (unpaired) electrons. The fraction of sp³-hybridized carbons (Fsp3) is 0.923. The Labute approximate surface area is 111 Å². The highest BCUT2D eigenvalue weighted by molar-refractivity contribution is 5.79. The van der Waals surface area contributed by atoms with Crippen LogP contribution < -0.4 is 10.6 Å². The van der Waals surface area contributed by atoms with Crippen molar-refractivity contribution in [2.75, 3.05) is 13.1 Å². The van der Waals surface area contributed by atoms with Gasteiger partial charge in [0.25, 0.3) is 0 Å². The molecule has 0 bridgehead atoms. The van der Waals surface area contributed by atoms with E-state index in [1.807, 2.05) is 6.92 Å². The van der Waals surface area contributed by atoms with Crippen LogP contribution in [0.5, 0.6) is 0 Å². The van der Waals surface area contributed by atoms with Gasteiger partial charge in [-0.05, 0) is 31.7 Å². The number of alkyl halides is 3. The molecule has 3 nitrogen and oxygen atoms in total. The molecule has 1 saturated carbocycles. The number of amides is 1. The van der Waals surface area contributed by atoms with E-state index < -0.39 is 12.1 Å². The van der Waals surface area contributed by atoms with E-state index in [0.717, 1.165) is 6.54 Å². The van der Waals surface area contributed by atoms with E-state index >= 15 is 0 Å². The first-order valence-corrected chi connectivity index (χ1v) is 6.95. The molecule has 110 valence electrons. The fourth-order valence-electron chi connectivity index (χ4n) is 3.09. The van der Waals surface area contributed by atoms with Gasteiger partial charge in [0, 0.05) is 12.6 Å². The molecule has 1 heterocycles. The molecule has 0 spiro atoms. The average molecular weight is 278 g/mol. The second-order valence-corrected chi connectivity index (χ2v) is 5.85. The van der Waals surface area contributed by atoms with Crippen molar-refractivity contribution in [3.8, 4) is 0 Å². The van der Waals surface area contributed by atoms with Crippen LogP contribution in [0.25, 0.3) is 0 Å². The van der Waals surface area contributed by atoms with E-state index in [2.05, 4.69) is 10.6 Å². The van der Waals surface area contributed by atoms with Crippen LogP contribution in [-0.2, 0) is 4.79 Å². The Bertz CT molecular complexity index is 332. The summed E-state index contributed by atoms with van der Waals surface area (Å²) in [4.78, 5) is 12.0. The maximum atomic E-state index is 12.7. The maximum absolute atomic E-state index is 12.7. The lowest BCUT2D eigenvalue weighted by Crippen LogP contribution is -2.45. The zero-order valence-corrected chi connectivity index (χ0v) is 11.1. The minimum Gasteiger partial charge on any atom is -0.353 e. The van der Waals surface area contributed by atoms with Crippen LogP contribution in [0.1, 0.15) is 32.6 Å². The first-order chi connectivity index (χ1) is 8.88. The van der Waals surface area contributed by atoms with Crippen molar-refractivity contribution in [3.05, 3.63) is 0 Å². The second-order valence-electron chi connectivity index (χ2n) is 5.85. The zero-order valence-electron chi connectivity index (χ0n) is 11.1. The SMILES string of the molecule is CC1CNCC1C(=O)NC1CCCC(C(F)(F)F)C1. The van der Waals surface area contributed by atoms with Crippen LogP contribution in [0.15, 0.2) is 0 Å². The Morgan fingerprint density at radius 2 is 2.00 bits per heavy atom. The van der Waals surface area contributed by atoms with Gasteiger partial charge in [-0.1, -0.05) is 13.3 Å². The number of nitrogens with one attached hydrogen (secondary N) is 2. The van der Waals surface area contributed by atoms with E-state index in [-0.39, 0.29) is 36.6 Å². The van der Waals surface area contributed by atoms with Crippen LogP contribution in [0.4, 0.5) is 13.2 Å². The topological polar surface area (TPSA) is 41.1 Å². The van der Waals surface area contributed by atoms with Crippen molar-refractivity contribution in [2.24, 2.45) is 17.8 Å². The fourth-order valence-corrected chi connectivity index (χ4v) is 3.09. The Hall–Kier alpha value is -0.780. The second kappa shape index (κ2) is 5.69. The lowest BCUT2D eigenvalue weighted by atomic mass is 9.84. The summed E-state index contributed by atoms with van der Waals surface area (Å²) in [5.74, 6) is -1.20. The molecule has 0 aromatic heterocycles. The standard InChI is InChI=1S/C13H21F3N2O/c1-8-6-17-7-11(8)12(19)18-10-4-2-3-9(5-10)13(14,15)16/h8-11,17H,2-7H2,1H3,(H,18,19). The third-order valence-corrected chi connectivity index (χ3v) is 4.34. The molecule has 0 aromatic rings. The summed E-state index contributed by atoms with van der Waals surface area (Å²) in [5.41, 5.74) is 0. The monoisotopic (exact) mass is 278 g/mol. The maximum Gasteiger partial charge on any atom is 0.391 e. The quantitative estimate of drug-likeness (QED) is 0.812. The number of halogens is 3. The van der Waals surface area contributed by atoms with Gasteiger partial charge in [0.1, 0.15) is 0 Å². The molecule has 4 atom stereocenters. The van der Waals surface area contributed by atoms with Crippen molar-refractivity contribution < 1.29 is 18.0 Å². The third-order valence-electron chi connectivity index (χ3n) is 4.34. The highest BCUT2D eigenvalue weighted by Crippen LogP contribution is 2.37. The lowest BCUT2D eigenvalue weighted by molar-refractivity contribution is -0.184. The summed E-state index contributed by atoms with van der Waals surface area (Å²) in [6.07, 6.45) is -2.72. The summed E-state index contributed by atoms with van der Waals surface area (Å²) in [7, 11) is 0. The Balaban J connectivity index is 1.87. The number of hydrogen-bond donors (Lipinski definition) is 2. The molecular formula is C13H21F3N2O. The van der Waals surface area contributed by atoms with Crippen LogP contribution in [0.3, 0.4) is 0 Å². The Morgan fingerprint density at radius 1 is 1.26 bits per heavy atom. The molecule has 2 N–H and O–H groups in total. The van der Waals surface area contributed by atoms with Gasteiger partial charge in [0.15, 0.2) is 0 Å². The van der Waals surface area contributed by atoms with Gasteiger partial charge in [0.2, 0.25) is 5.91 Å². The molecule has 1 saturated heterocycles. The summed E-state index contributed by atoms with van der Waals surface area (Å²) >= 11 is 0. The highest BCUT2D eigenvalue weighted by atomic mass is 19.4. The molecule has 4 unspecified atom stereocenters. The van der Waals surface area contributed by atoms with Gasteiger partial charge >= 0.3 is 6.18 Å². The summed E-state index contributed by atoms with van der Waals surface area (Å²) in [6.45, 7) is 3.42. The van der Waals surface area contributed by atoms with Gasteiger partial charge in [-0.25, -0.2) is 0 Å². The number of rotatable bonds is 2. The molecule has 2 fully saturated rings. The van der Waals surface area contributed by atoms with Gasteiger partial charge in [-0.3, -0.25) is 4.79 Å². The lowest BCUT2D eigenvalue weighted by Gasteiger charge is -2.31. The molecule has 1 aliphatic heterocycles. The zero-order chi connectivity index (χ0) is 14.0. The van der Waals surface area contributed by atoms with Crippen molar-refractivity contribution in [1.29, 1.82) is 0 Å². The molecule has 1 aliphatic carbocycles. The first kappa shape index (κ1) is 14.6.